The van der Waals surface area contributed by atoms with Crippen LogP contribution in [0.4, 0.5) is 0 Å². The third kappa shape index (κ3) is 3.75. The Morgan fingerprint density at radius 1 is 1.07 bits per heavy atom. The van der Waals surface area contributed by atoms with Gasteiger partial charge >= 0.3 is 29.6 Å². The monoisotopic (exact) mass is 297 g/mol. The molecule has 0 aliphatic carbocycles. The molecule has 0 unspecified atom stereocenters. The first-order valence-corrected chi connectivity index (χ1v) is 6.08. The molecular weight excluding hydrogens is 291 g/mol. The molecule has 0 aliphatic heterocycles. The zero-order valence-corrected chi connectivity index (χ0v) is 10.1. The van der Waals surface area contributed by atoms with Gasteiger partial charge in [-0.25, -0.2) is 13.1 Å². The van der Waals surface area contributed by atoms with Crippen molar-refractivity contribution in [3.05, 3.63) is 27.2 Å². The minimum atomic E-state index is -3.59. The van der Waals surface area contributed by atoms with Crippen molar-refractivity contribution in [2.75, 3.05) is 7.05 Å². The molecule has 0 amide bonds. The van der Waals surface area contributed by atoms with E-state index >= 15 is 0 Å². The van der Waals surface area contributed by atoms with Gasteiger partial charge in [0.25, 0.3) is 0 Å². The summed E-state index contributed by atoms with van der Waals surface area (Å²) in [6.45, 7) is 0. The molecule has 0 radical (unpaired) electrons. The number of halogens is 3. The van der Waals surface area contributed by atoms with Crippen molar-refractivity contribution >= 4 is 74.4 Å². The van der Waals surface area contributed by atoms with Crippen LogP contribution in [0, 0.1) is 0 Å². The van der Waals surface area contributed by atoms with Gasteiger partial charge in [0.15, 0.2) is 0 Å². The summed E-state index contributed by atoms with van der Waals surface area (Å²) >= 11 is 17.0. The van der Waals surface area contributed by atoms with Crippen LogP contribution in [0.2, 0.25) is 15.1 Å². The fourth-order valence-corrected chi connectivity index (χ4v) is 2.55. The van der Waals surface area contributed by atoms with Gasteiger partial charge in [-0.15, -0.1) is 0 Å². The minimum absolute atomic E-state index is 0. The van der Waals surface area contributed by atoms with Crippen LogP contribution in [0.5, 0.6) is 0 Å². The molecule has 80 valence electrons. The summed E-state index contributed by atoms with van der Waals surface area (Å²) in [6, 6.07) is 2.49. The van der Waals surface area contributed by atoms with Gasteiger partial charge in [-0.1, -0.05) is 34.8 Å². The average molecular weight is 299 g/mol. The van der Waals surface area contributed by atoms with Crippen LogP contribution in [0.15, 0.2) is 17.0 Å². The summed E-state index contributed by atoms with van der Waals surface area (Å²) in [5.41, 5.74) is 0. The van der Waals surface area contributed by atoms with Crippen molar-refractivity contribution in [3.63, 3.8) is 0 Å². The first kappa shape index (κ1) is 16.0. The maximum absolute atomic E-state index is 11.4. The molecule has 8 heteroatoms. The van der Waals surface area contributed by atoms with Gasteiger partial charge in [-0.2, -0.15) is 0 Å². The molecule has 15 heavy (non-hydrogen) atoms. The van der Waals surface area contributed by atoms with Crippen molar-refractivity contribution in [2.24, 2.45) is 0 Å². The van der Waals surface area contributed by atoms with Gasteiger partial charge in [0, 0.05) is 0 Å². The number of benzene rings is 1. The Kier molecular flexibility index (Phi) is 6.48. The summed E-state index contributed by atoms with van der Waals surface area (Å²) in [6.07, 6.45) is 0. The van der Waals surface area contributed by atoms with Crippen LogP contribution in [-0.2, 0) is 10.0 Å². The predicted octanol–water partition coefficient (Wildman–Crippen LogP) is 1.91. The van der Waals surface area contributed by atoms with Crippen LogP contribution >= 0.6 is 34.8 Å². The van der Waals surface area contributed by atoms with E-state index in [1.54, 1.807) is 0 Å². The third-order valence-corrected chi connectivity index (χ3v) is 4.13. The summed E-state index contributed by atoms with van der Waals surface area (Å²) < 4.78 is 24.9. The first-order chi connectivity index (χ1) is 6.38. The van der Waals surface area contributed by atoms with Crippen LogP contribution in [0.1, 0.15) is 0 Å². The Morgan fingerprint density at radius 3 is 2.00 bits per heavy atom. The van der Waals surface area contributed by atoms with E-state index < -0.39 is 10.0 Å². The van der Waals surface area contributed by atoms with Gasteiger partial charge in [-0.3, -0.25) is 0 Å². The van der Waals surface area contributed by atoms with E-state index in [0.717, 1.165) is 0 Å². The van der Waals surface area contributed by atoms with Crippen molar-refractivity contribution in [2.45, 2.75) is 4.90 Å². The summed E-state index contributed by atoms with van der Waals surface area (Å²) in [4.78, 5) is -0.0870. The molecule has 0 spiro atoms. The van der Waals surface area contributed by atoms with E-state index in [9.17, 15) is 8.42 Å². The Bertz CT molecular complexity index is 464. The number of hydrogen-bond donors (Lipinski definition) is 1. The molecule has 0 bridgehead atoms. The van der Waals surface area contributed by atoms with Gasteiger partial charge in [0.05, 0.1) is 15.1 Å². The molecule has 1 aromatic rings. The van der Waals surface area contributed by atoms with Crippen LogP contribution in [-0.4, -0.2) is 45.0 Å². The second kappa shape index (κ2) is 6.07. The van der Waals surface area contributed by atoms with E-state index in [1.165, 1.54) is 19.2 Å². The zero-order chi connectivity index (χ0) is 10.9. The van der Waals surface area contributed by atoms with E-state index in [0.29, 0.717) is 0 Å². The molecule has 0 heterocycles. The van der Waals surface area contributed by atoms with Crippen molar-refractivity contribution in [1.29, 1.82) is 0 Å². The SMILES string of the molecule is CNS(=O)(=O)c1cc(Cl)c(Cl)cc1Cl.[NaH]. The Hall–Kier alpha value is 1.000. The second-order valence-electron chi connectivity index (χ2n) is 2.40. The van der Waals surface area contributed by atoms with Gasteiger partial charge in [0.2, 0.25) is 10.0 Å². The number of nitrogens with one attached hydrogen (secondary N) is 1. The zero-order valence-electron chi connectivity index (χ0n) is 7.01. The maximum atomic E-state index is 11.4. The second-order valence-corrected chi connectivity index (χ2v) is 5.48. The predicted molar refractivity (Wildman–Crippen MR) is 64.9 cm³/mol. The Morgan fingerprint density at radius 2 is 1.53 bits per heavy atom. The van der Waals surface area contributed by atoms with E-state index in [2.05, 4.69) is 4.72 Å². The standard InChI is InChI=1S/C7H6Cl3NO2S.Na.H/c1-11-14(12,13)7-3-5(9)4(8)2-6(7)10;;/h2-3,11H,1H3;;. The van der Waals surface area contributed by atoms with E-state index in [1.807, 2.05) is 0 Å². The van der Waals surface area contributed by atoms with Crippen molar-refractivity contribution in [3.8, 4) is 0 Å². The van der Waals surface area contributed by atoms with Crippen LogP contribution < -0.4 is 4.72 Å². The molecule has 1 N–H and O–H groups in total. The van der Waals surface area contributed by atoms with Gasteiger partial charge in [-0.05, 0) is 19.2 Å². The number of rotatable bonds is 2. The fraction of sp³-hybridized carbons (Fsp3) is 0.143. The molecular formula is C7H7Cl3NNaO2S. The van der Waals surface area contributed by atoms with Crippen molar-refractivity contribution in [1.82, 2.24) is 4.72 Å². The molecule has 0 atom stereocenters. The molecule has 1 aromatic carbocycles. The molecule has 1 rings (SSSR count). The Labute approximate surface area is 125 Å². The van der Waals surface area contributed by atoms with E-state index in [4.69, 9.17) is 34.8 Å². The summed E-state index contributed by atoms with van der Waals surface area (Å²) in [5.74, 6) is 0. The molecule has 0 saturated carbocycles. The first-order valence-electron chi connectivity index (χ1n) is 3.46. The normalized spacial score (nSPS) is 10.9. The molecule has 0 aliphatic rings. The molecule has 0 fully saturated rings. The summed E-state index contributed by atoms with van der Waals surface area (Å²) in [7, 11) is -2.31. The summed E-state index contributed by atoms with van der Waals surface area (Å²) in [5, 5.41) is 0.394. The fourth-order valence-electron chi connectivity index (χ4n) is 0.820. The molecule has 0 aromatic heterocycles. The van der Waals surface area contributed by atoms with Crippen LogP contribution in [0.25, 0.3) is 0 Å². The topological polar surface area (TPSA) is 46.2 Å². The van der Waals surface area contributed by atoms with Gasteiger partial charge < -0.3 is 0 Å². The Balaban J connectivity index is 0.00000196. The van der Waals surface area contributed by atoms with Gasteiger partial charge in [0.1, 0.15) is 4.90 Å². The quantitative estimate of drug-likeness (QED) is 0.669. The molecule has 3 nitrogen and oxygen atoms in total. The van der Waals surface area contributed by atoms with Crippen molar-refractivity contribution < 1.29 is 8.42 Å². The molecule has 0 saturated heterocycles. The van der Waals surface area contributed by atoms with E-state index in [-0.39, 0.29) is 49.5 Å². The average Bonchev–Trinajstić information content (AvgIpc) is 2.11. The number of sulfonamides is 1. The number of hydrogen-bond acceptors (Lipinski definition) is 2. The van der Waals surface area contributed by atoms with Crippen LogP contribution in [0.3, 0.4) is 0 Å². The third-order valence-electron chi connectivity index (χ3n) is 1.53.